The number of nitrogens with two attached hydrogens (primary N) is 1. The van der Waals surface area contributed by atoms with E-state index in [0.29, 0.717) is 0 Å². The highest BCUT2D eigenvalue weighted by Crippen LogP contribution is 2.27. The maximum absolute atomic E-state index is 12.8. The zero-order chi connectivity index (χ0) is 17.1. The van der Waals surface area contributed by atoms with Crippen molar-refractivity contribution in [2.45, 2.75) is 13.0 Å². The number of aromatic amines is 2. The van der Waals surface area contributed by atoms with Crippen LogP contribution in [-0.4, -0.2) is 31.5 Å². The first kappa shape index (κ1) is 16.3. The standard InChI is InChI=1S/C14H14F2N6OS/c15-13(16)8(4-17)3-12-20-21-14(23)22(12)7-10-1-2-11(24-10)9-5-18-19-6-9/h1-2,5-6H,3-4,7,17H2,(H,18,19)(H,21,23). The normalized spacial score (nSPS) is 11.0. The molecule has 24 heavy (non-hydrogen) atoms. The van der Waals surface area contributed by atoms with Crippen molar-refractivity contribution in [1.82, 2.24) is 25.0 Å². The lowest BCUT2D eigenvalue weighted by atomic mass is 10.2. The average Bonchev–Trinajstić information content (AvgIpc) is 3.28. The van der Waals surface area contributed by atoms with E-state index < -0.39 is 11.8 Å². The number of hydrogen-bond donors (Lipinski definition) is 3. The molecule has 3 rings (SSSR count). The minimum atomic E-state index is -1.84. The van der Waals surface area contributed by atoms with Crippen molar-refractivity contribution in [1.29, 1.82) is 0 Å². The smallest absolute Gasteiger partial charge is 0.327 e. The van der Waals surface area contributed by atoms with Crippen LogP contribution in [0.4, 0.5) is 8.78 Å². The highest BCUT2D eigenvalue weighted by molar-refractivity contribution is 7.15. The zero-order valence-electron chi connectivity index (χ0n) is 12.4. The van der Waals surface area contributed by atoms with Gasteiger partial charge in [-0.2, -0.15) is 19.0 Å². The third-order valence-electron chi connectivity index (χ3n) is 3.48. The molecule has 0 saturated heterocycles. The fourth-order valence-electron chi connectivity index (χ4n) is 2.21. The molecule has 7 nitrogen and oxygen atoms in total. The molecule has 0 aromatic carbocycles. The SMILES string of the molecule is NCC(Cc1n[nH]c(=O)n1Cc1ccc(-c2cn[nH]c2)s1)=C(F)F. The first-order valence-corrected chi connectivity index (χ1v) is 7.85. The van der Waals surface area contributed by atoms with Gasteiger partial charge in [-0.3, -0.25) is 9.67 Å². The molecule has 3 heterocycles. The largest absolute Gasteiger partial charge is 0.343 e. The summed E-state index contributed by atoms with van der Waals surface area (Å²) in [6.45, 7) is -0.0357. The number of rotatable bonds is 6. The van der Waals surface area contributed by atoms with Crippen molar-refractivity contribution in [3.05, 3.63) is 57.4 Å². The molecule has 4 N–H and O–H groups in total. The first-order valence-electron chi connectivity index (χ1n) is 7.03. The Morgan fingerprint density at radius 3 is 2.88 bits per heavy atom. The molecular weight excluding hydrogens is 338 g/mol. The lowest BCUT2D eigenvalue weighted by Crippen LogP contribution is -2.20. The van der Waals surface area contributed by atoms with Crippen LogP contribution in [0.15, 0.2) is 41.0 Å². The second kappa shape index (κ2) is 6.89. The molecule has 0 aliphatic heterocycles. The van der Waals surface area contributed by atoms with Gasteiger partial charge in [-0.1, -0.05) is 0 Å². The summed E-state index contributed by atoms with van der Waals surface area (Å²) in [5.74, 6) is 0.228. The van der Waals surface area contributed by atoms with Gasteiger partial charge in [0.15, 0.2) is 0 Å². The van der Waals surface area contributed by atoms with E-state index in [4.69, 9.17) is 5.73 Å². The summed E-state index contributed by atoms with van der Waals surface area (Å²) in [5.41, 5.74) is 5.58. The molecule has 0 aliphatic carbocycles. The van der Waals surface area contributed by atoms with Crippen molar-refractivity contribution < 1.29 is 8.78 Å². The van der Waals surface area contributed by atoms with Crippen LogP contribution in [0.3, 0.4) is 0 Å². The van der Waals surface area contributed by atoms with Crippen LogP contribution < -0.4 is 11.4 Å². The minimum absolute atomic E-state index is 0.169. The molecule has 10 heteroatoms. The van der Waals surface area contributed by atoms with Gasteiger partial charge in [0.05, 0.1) is 12.7 Å². The van der Waals surface area contributed by atoms with E-state index in [1.54, 1.807) is 12.4 Å². The Hall–Kier alpha value is -2.59. The molecule has 0 fully saturated rings. The quantitative estimate of drug-likeness (QED) is 0.628. The third-order valence-corrected chi connectivity index (χ3v) is 4.60. The van der Waals surface area contributed by atoms with E-state index in [1.807, 2.05) is 12.1 Å². The number of hydrogen-bond acceptors (Lipinski definition) is 5. The average molecular weight is 352 g/mol. The van der Waals surface area contributed by atoms with Gasteiger partial charge in [-0.15, -0.1) is 11.3 Å². The van der Waals surface area contributed by atoms with Gasteiger partial charge in [0, 0.05) is 40.1 Å². The van der Waals surface area contributed by atoms with Gasteiger partial charge in [0.2, 0.25) is 0 Å². The van der Waals surface area contributed by atoms with Crippen LogP contribution in [0.2, 0.25) is 0 Å². The van der Waals surface area contributed by atoms with Gasteiger partial charge >= 0.3 is 5.69 Å². The highest BCUT2D eigenvalue weighted by Gasteiger charge is 2.14. The number of halogens is 2. The van der Waals surface area contributed by atoms with Crippen molar-refractivity contribution in [3.63, 3.8) is 0 Å². The summed E-state index contributed by atoms with van der Waals surface area (Å²) in [6, 6.07) is 3.80. The molecule has 0 unspecified atom stereocenters. The van der Waals surface area contributed by atoms with Gasteiger partial charge in [-0.05, 0) is 12.1 Å². The van der Waals surface area contributed by atoms with Gasteiger partial charge < -0.3 is 5.73 Å². The predicted molar refractivity (Wildman–Crippen MR) is 85.9 cm³/mol. The fourth-order valence-corrected chi connectivity index (χ4v) is 3.19. The van der Waals surface area contributed by atoms with E-state index in [2.05, 4.69) is 20.4 Å². The molecule has 0 bridgehead atoms. The lowest BCUT2D eigenvalue weighted by molar-refractivity contribution is 0.407. The Morgan fingerprint density at radius 2 is 2.21 bits per heavy atom. The minimum Gasteiger partial charge on any atom is -0.327 e. The Bertz CT molecular complexity index is 904. The van der Waals surface area contributed by atoms with Crippen molar-refractivity contribution in [3.8, 4) is 10.4 Å². The van der Waals surface area contributed by atoms with Crippen LogP contribution in [0, 0.1) is 0 Å². The van der Waals surface area contributed by atoms with E-state index >= 15 is 0 Å². The third kappa shape index (κ3) is 3.34. The molecule has 126 valence electrons. The topological polar surface area (TPSA) is 105 Å². The van der Waals surface area contributed by atoms with E-state index in [0.717, 1.165) is 15.3 Å². The summed E-state index contributed by atoms with van der Waals surface area (Å²) < 4.78 is 26.9. The summed E-state index contributed by atoms with van der Waals surface area (Å²) in [6.07, 6.45) is 1.47. The molecule has 3 aromatic heterocycles. The monoisotopic (exact) mass is 352 g/mol. The Kier molecular flexibility index (Phi) is 4.67. The molecule has 0 saturated carbocycles. The Labute approximate surface area is 138 Å². The fraction of sp³-hybridized carbons (Fsp3) is 0.214. The summed E-state index contributed by atoms with van der Waals surface area (Å²) in [7, 11) is 0. The van der Waals surface area contributed by atoms with Gasteiger partial charge in [-0.25, -0.2) is 9.89 Å². The van der Waals surface area contributed by atoms with Crippen LogP contribution in [0.5, 0.6) is 0 Å². The maximum atomic E-state index is 12.8. The first-order chi connectivity index (χ1) is 11.6. The van der Waals surface area contributed by atoms with Crippen LogP contribution in [-0.2, 0) is 13.0 Å². The predicted octanol–water partition coefficient (Wildman–Crippen LogP) is 1.72. The number of H-pyrrole nitrogens is 2. The Morgan fingerprint density at radius 1 is 1.38 bits per heavy atom. The summed E-state index contributed by atoms with van der Waals surface area (Å²) >= 11 is 1.49. The van der Waals surface area contributed by atoms with Crippen molar-refractivity contribution in [2.75, 3.05) is 6.54 Å². The van der Waals surface area contributed by atoms with Crippen molar-refractivity contribution >= 4 is 11.3 Å². The number of nitrogens with one attached hydrogen (secondary N) is 2. The van der Waals surface area contributed by atoms with Gasteiger partial charge in [0.25, 0.3) is 6.08 Å². The molecular formula is C14H14F2N6OS. The second-order valence-corrected chi connectivity index (χ2v) is 6.20. The number of thiophene rings is 1. The van der Waals surface area contributed by atoms with Crippen LogP contribution >= 0.6 is 11.3 Å². The Balaban J connectivity index is 1.85. The van der Waals surface area contributed by atoms with Crippen LogP contribution in [0.25, 0.3) is 10.4 Å². The number of aromatic nitrogens is 5. The summed E-state index contributed by atoms with van der Waals surface area (Å²) in [5, 5.41) is 12.8. The second-order valence-electron chi connectivity index (χ2n) is 5.03. The molecule has 0 radical (unpaired) electrons. The molecule has 0 spiro atoms. The van der Waals surface area contributed by atoms with E-state index in [-0.39, 0.29) is 30.9 Å². The summed E-state index contributed by atoms with van der Waals surface area (Å²) in [4.78, 5) is 13.8. The maximum Gasteiger partial charge on any atom is 0.343 e. The van der Waals surface area contributed by atoms with E-state index in [1.165, 1.54) is 15.9 Å². The molecule has 0 amide bonds. The molecule has 3 aromatic rings. The van der Waals surface area contributed by atoms with E-state index in [9.17, 15) is 13.6 Å². The highest BCUT2D eigenvalue weighted by atomic mass is 32.1. The van der Waals surface area contributed by atoms with Crippen LogP contribution in [0.1, 0.15) is 10.7 Å². The molecule has 0 atom stereocenters. The zero-order valence-corrected chi connectivity index (χ0v) is 13.2. The number of nitrogens with zero attached hydrogens (tertiary/aromatic N) is 3. The van der Waals surface area contributed by atoms with Gasteiger partial charge in [0.1, 0.15) is 5.82 Å². The lowest BCUT2D eigenvalue weighted by Gasteiger charge is -2.05. The molecule has 0 aliphatic rings. The van der Waals surface area contributed by atoms with Crippen molar-refractivity contribution in [2.24, 2.45) is 5.73 Å².